The van der Waals surface area contributed by atoms with Gasteiger partial charge in [-0.05, 0) is 45.6 Å². The van der Waals surface area contributed by atoms with E-state index >= 15 is 0 Å². The van der Waals surface area contributed by atoms with Crippen LogP contribution in [0, 0.1) is 17.2 Å². The Morgan fingerprint density at radius 1 is 1.62 bits per heavy atom. The highest BCUT2D eigenvalue weighted by molar-refractivity contribution is 5.03. The molecular formula is C13H25N3. The van der Waals surface area contributed by atoms with Gasteiger partial charge in [0.15, 0.2) is 0 Å². The molecule has 3 atom stereocenters. The van der Waals surface area contributed by atoms with E-state index in [4.69, 9.17) is 11.0 Å². The third-order valence-corrected chi connectivity index (χ3v) is 3.73. The summed E-state index contributed by atoms with van der Waals surface area (Å²) >= 11 is 0. The lowest BCUT2D eigenvalue weighted by atomic mass is 9.91. The summed E-state index contributed by atoms with van der Waals surface area (Å²) < 4.78 is 0. The summed E-state index contributed by atoms with van der Waals surface area (Å²) in [5.74, 6) is 0.835. The van der Waals surface area contributed by atoms with E-state index in [0.29, 0.717) is 6.04 Å². The van der Waals surface area contributed by atoms with Gasteiger partial charge in [-0.1, -0.05) is 13.3 Å². The van der Waals surface area contributed by atoms with Crippen molar-refractivity contribution in [3.63, 3.8) is 0 Å². The van der Waals surface area contributed by atoms with Crippen molar-refractivity contribution in [1.82, 2.24) is 4.90 Å². The highest BCUT2D eigenvalue weighted by atomic mass is 15.2. The fourth-order valence-electron chi connectivity index (χ4n) is 2.62. The number of nitriles is 1. The maximum absolute atomic E-state index is 8.95. The van der Waals surface area contributed by atoms with Crippen LogP contribution in [0.4, 0.5) is 0 Å². The summed E-state index contributed by atoms with van der Waals surface area (Å²) in [6.45, 7) is 8.63. The Balaban J connectivity index is 2.48. The molecular weight excluding hydrogens is 198 g/mol. The van der Waals surface area contributed by atoms with E-state index in [1.807, 2.05) is 6.92 Å². The van der Waals surface area contributed by atoms with Crippen LogP contribution in [0.25, 0.3) is 0 Å². The van der Waals surface area contributed by atoms with Crippen molar-refractivity contribution in [2.45, 2.75) is 58.0 Å². The Hall–Kier alpha value is -0.590. The molecule has 3 nitrogen and oxygen atoms in total. The molecule has 1 fully saturated rings. The molecule has 16 heavy (non-hydrogen) atoms. The van der Waals surface area contributed by atoms with E-state index in [-0.39, 0.29) is 0 Å². The lowest BCUT2D eigenvalue weighted by Gasteiger charge is -2.38. The van der Waals surface area contributed by atoms with Gasteiger partial charge < -0.3 is 10.6 Å². The molecule has 0 spiro atoms. The molecule has 0 bridgehead atoms. The van der Waals surface area contributed by atoms with Gasteiger partial charge >= 0.3 is 0 Å². The number of hydrogen-bond acceptors (Lipinski definition) is 3. The third kappa shape index (κ3) is 3.77. The van der Waals surface area contributed by atoms with Crippen LogP contribution in [-0.2, 0) is 0 Å². The first-order chi connectivity index (χ1) is 7.48. The molecule has 2 N–H and O–H groups in total. The van der Waals surface area contributed by atoms with Crippen LogP contribution < -0.4 is 5.73 Å². The first-order valence-corrected chi connectivity index (χ1v) is 6.42. The fourth-order valence-corrected chi connectivity index (χ4v) is 2.62. The topological polar surface area (TPSA) is 53.0 Å². The molecule has 0 saturated carbocycles. The van der Waals surface area contributed by atoms with Gasteiger partial charge in [0.1, 0.15) is 5.54 Å². The Kier molecular flexibility index (Phi) is 4.76. The quantitative estimate of drug-likeness (QED) is 0.794. The number of hydrogen-bond donors (Lipinski definition) is 1. The Morgan fingerprint density at radius 2 is 2.31 bits per heavy atom. The van der Waals surface area contributed by atoms with E-state index in [1.165, 1.54) is 32.4 Å². The zero-order valence-corrected chi connectivity index (χ0v) is 10.9. The standard InChI is InChI=1S/C13H25N3/c1-4-12-6-5-7-16(9-12)11(2)8-13(3,15)10-14/h11-12H,4-9,15H2,1-3H3. The molecule has 0 radical (unpaired) electrons. The summed E-state index contributed by atoms with van der Waals surface area (Å²) in [6, 6.07) is 2.61. The van der Waals surface area contributed by atoms with Gasteiger partial charge in [0.2, 0.25) is 0 Å². The molecule has 0 amide bonds. The minimum atomic E-state index is -0.682. The predicted octanol–water partition coefficient (Wildman–Crippen LogP) is 2.13. The average molecular weight is 223 g/mol. The monoisotopic (exact) mass is 223 g/mol. The fraction of sp³-hybridized carbons (Fsp3) is 0.923. The van der Waals surface area contributed by atoms with Crippen molar-refractivity contribution in [2.24, 2.45) is 11.7 Å². The van der Waals surface area contributed by atoms with Crippen LogP contribution in [-0.4, -0.2) is 29.6 Å². The maximum Gasteiger partial charge on any atom is 0.102 e. The first kappa shape index (κ1) is 13.5. The molecule has 1 saturated heterocycles. The van der Waals surface area contributed by atoms with Crippen molar-refractivity contribution in [2.75, 3.05) is 13.1 Å². The minimum absolute atomic E-state index is 0.420. The first-order valence-electron chi connectivity index (χ1n) is 6.42. The zero-order chi connectivity index (χ0) is 12.2. The normalized spacial score (nSPS) is 28.1. The minimum Gasteiger partial charge on any atom is -0.314 e. The largest absolute Gasteiger partial charge is 0.314 e. The van der Waals surface area contributed by atoms with E-state index < -0.39 is 5.54 Å². The van der Waals surface area contributed by atoms with Gasteiger partial charge in [-0.15, -0.1) is 0 Å². The van der Waals surface area contributed by atoms with E-state index in [0.717, 1.165) is 12.3 Å². The van der Waals surface area contributed by atoms with Gasteiger partial charge in [-0.25, -0.2) is 0 Å². The lowest BCUT2D eigenvalue weighted by Crippen LogP contribution is -2.47. The second kappa shape index (κ2) is 5.65. The van der Waals surface area contributed by atoms with Crippen LogP contribution >= 0.6 is 0 Å². The Morgan fingerprint density at radius 3 is 2.88 bits per heavy atom. The van der Waals surface area contributed by atoms with Gasteiger partial charge in [-0.3, -0.25) is 0 Å². The zero-order valence-electron chi connectivity index (χ0n) is 10.9. The summed E-state index contributed by atoms with van der Waals surface area (Å²) in [4.78, 5) is 2.50. The molecule has 3 heteroatoms. The molecule has 1 aliphatic rings. The van der Waals surface area contributed by atoms with Crippen LogP contribution in [0.5, 0.6) is 0 Å². The summed E-state index contributed by atoms with van der Waals surface area (Å²) in [5.41, 5.74) is 5.22. The molecule has 0 aliphatic carbocycles. The van der Waals surface area contributed by atoms with Gasteiger partial charge in [0, 0.05) is 12.6 Å². The van der Waals surface area contributed by atoms with Crippen molar-refractivity contribution in [1.29, 1.82) is 5.26 Å². The lowest BCUT2D eigenvalue weighted by molar-refractivity contribution is 0.116. The molecule has 1 rings (SSSR count). The van der Waals surface area contributed by atoms with E-state index in [2.05, 4.69) is 24.8 Å². The Labute approximate surface area is 99.6 Å². The smallest absolute Gasteiger partial charge is 0.102 e. The van der Waals surface area contributed by atoms with E-state index in [9.17, 15) is 0 Å². The summed E-state index contributed by atoms with van der Waals surface area (Å²) in [6.07, 6.45) is 4.68. The number of piperidine rings is 1. The highest BCUT2D eigenvalue weighted by Crippen LogP contribution is 2.23. The number of nitrogens with two attached hydrogens (primary N) is 1. The molecule has 1 heterocycles. The third-order valence-electron chi connectivity index (χ3n) is 3.73. The van der Waals surface area contributed by atoms with Crippen LogP contribution in [0.3, 0.4) is 0 Å². The molecule has 0 aromatic carbocycles. The number of rotatable bonds is 4. The van der Waals surface area contributed by atoms with Crippen molar-refractivity contribution in [3.05, 3.63) is 0 Å². The van der Waals surface area contributed by atoms with Crippen molar-refractivity contribution in [3.8, 4) is 6.07 Å². The Bertz CT molecular complexity index is 254. The molecule has 0 aromatic rings. The van der Waals surface area contributed by atoms with Crippen LogP contribution in [0.2, 0.25) is 0 Å². The second-order valence-electron chi connectivity index (χ2n) is 5.49. The number of likely N-dealkylation sites (tertiary alicyclic amines) is 1. The summed E-state index contributed by atoms with van der Waals surface area (Å²) in [7, 11) is 0. The van der Waals surface area contributed by atoms with E-state index in [1.54, 1.807) is 0 Å². The highest BCUT2D eigenvalue weighted by Gasteiger charge is 2.27. The van der Waals surface area contributed by atoms with Crippen LogP contribution in [0.1, 0.15) is 46.5 Å². The van der Waals surface area contributed by atoms with Crippen molar-refractivity contribution < 1.29 is 0 Å². The molecule has 0 aromatic heterocycles. The SMILES string of the molecule is CCC1CCCN(C(C)CC(C)(N)C#N)C1. The summed E-state index contributed by atoms with van der Waals surface area (Å²) in [5, 5.41) is 8.95. The molecule has 1 aliphatic heterocycles. The average Bonchev–Trinajstić information content (AvgIpc) is 2.28. The van der Waals surface area contributed by atoms with Gasteiger partial charge in [0.05, 0.1) is 6.07 Å². The second-order valence-corrected chi connectivity index (χ2v) is 5.49. The van der Waals surface area contributed by atoms with Gasteiger partial charge in [0.25, 0.3) is 0 Å². The number of nitrogens with zero attached hydrogens (tertiary/aromatic N) is 2. The predicted molar refractivity (Wildman–Crippen MR) is 66.9 cm³/mol. The van der Waals surface area contributed by atoms with Gasteiger partial charge in [-0.2, -0.15) is 5.26 Å². The maximum atomic E-state index is 8.95. The molecule has 3 unspecified atom stereocenters. The van der Waals surface area contributed by atoms with Crippen molar-refractivity contribution >= 4 is 0 Å². The van der Waals surface area contributed by atoms with Crippen LogP contribution in [0.15, 0.2) is 0 Å². The molecule has 92 valence electrons.